The second-order valence-electron chi connectivity index (χ2n) is 4.90. The van der Waals surface area contributed by atoms with Gasteiger partial charge in [0.15, 0.2) is 0 Å². The van der Waals surface area contributed by atoms with E-state index >= 15 is 0 Å². The molecule has 0 bridgehead atoms. The fraction of sp³-hybridized carbons (Fsp3) is 0.500. The molecule has 0 fully saturated rings. The molecule has 3 nitrogen and oxygen atoms in total. The van der Waals surface area contributed by atoms with E-state index in [-0.39, 0.29) is 11.2 Å². The number of hydrogen-bond acceptors (Lipinski definition) is 3. The highest BCUT2D eigenvalue weighted by Crippen LogP contribution is 2.32. The Bertz CT molecular complexity index is 331. The van der Waals surface area contributed by atoms with Gasteiger partial charge < -0.3 is 15.9 Å². The third-order valence-electron chi connectivity index (χ3n) is 2.52. The number of rotatable bonds is 2. The summed E-state index contributed by atoms with van der Waals surface area (Å²) < 4.78 is 0. The first-order chi connectivity index (χ1) is 6.84. The van der Waals surface area contributed by atoms with Crippen LogP contribution in [-0.2, 0) is 0 Å². The molecule has 0 unspecified atom stereocenters. The van der Waals surface area contributed by atoms with Crippen molar-refractivity contribution in [1.82, 2.24) is 0 Å². The van der Waals surface area contributed by atoms with Gasteiger partial charge in [-0.05, 0) is 11.5 Å². The quantitative estimate of drug-likeness (QED) is 0.695. The lowest BCUT2D eigenvalue weighted by Gasteiger charge is -2.31. The van der Waals surface area contributed by atoms with E-state index < -0.39 is 12.1 Å². The van der Waals surface area contributed by atoms with E-state index in [1.165, 1.54) is 0 Å². The number of benzene rings is 1. The summed E-state index contributed by atoms with van der Waals surface area (Å²) in [5, 5.41) is 19.6. The molecule has 3 heteroatoms. The molecule has 4 N–H and O–H groups in total. The van der Waals surface area contributed by atoms with Gasteiger partial charge in [0.05, 0.1) is 12.1 Å². The van der Waals surface area contributed by atoms with Crippen LogP contribution in [-0.4, -0.2) is 16.3 Å². The van der Waals surface area contributed by atoms with Gasteiger partial charge in [-0.2, -0.15) is 0 Å². The second kappa shape index (κ2) is 4.21. The van der Waals surface area contributed by atoms with Crippen LogP contribution in [0.15, 0.2) is 24.3 Å². The average molecular weight is 209 g/mol. The molecule has 84 valence electrons. The summed E-state index contributed by atoms with van der Waals surface area (Å²) in [6.45, 7) is 5.74. The van der Waals surface area contributed by atoms with Crippen molar-refractivity contribution < 1.29 is 10.2 Å². The first-order valence-corrected chi connectivity index (χ1v) is 5.05. The molecule has 15 heavy (non-hydrogen) atoms. The van der Waals surface area contributed by atoms with Crippen molar-refractivity contribution in [2.75, 3.05) is 0 Å². The molecular formula is C12H19NO2. The van der Waals surface area contributed by atoms with E-state index in [2.05, 4.69) is 0 Å². The van der Waals surface area contributed by atoms with Crippen LogP contribution in [0.5, 0.6) is 5.75 Å². The fourth-order valence-corrected chi connectivity index (χ4v) is 1.48. The standard InChI is InChI=1S/C12H19NO2/c1-12(2,3)11(15)10(13)8-6-4-5-7-9(8)14/h4-7,10-11,14-15H,13H2,1-3H3/t10-,11-/m1/s1. The summed E-state index contributed by atoms with van der Waals surface area (Å²) >= 11 is 0. The minimum absolute atomic E-state index is 0.133. The molecule has 1 rings (SSSR count). The number of aromatic hydroxyl groups is 1. The van der Waals surface area contributed by atoms with E-state index in [9.17, 15) is 10.2 Å². The third-order valence-corrected chi connectivity index (χ3v) is 2.52. The summed E-state index contributed by atoms with van der Waals surface area (Å²) in [6, 6.07) is 6.27. The molecular weight excluding hydrogens is 190 g/mol. The van der Waals surface area contributed by atoms with Gasteiger partial charge in [0.2, 0.25) is 0 Å². The topological polar surface area (TPSA) is 66.5 Å². The second-order valence-corrected chi connectivity index (χ2v) is 4.90. The van der Waals surface area contributed by atoms with Crippen LogP contribution in [0.1, 0.15) is 32.4 Å². The van der Waals surface area contributed by atoms with Crippen LogP contribution < -0.4 is 5.73 Å². The highest BCUT2D eigenvalue weighted by Gasteiger charge is 2.30. The van der Waals surface area contributed by atoms with Gasteiger partial charge in [-0.15, -0.1) is 0 Å². The molecule has 1 aromatic rings. The molecule has 0 radical (unpaired) electrons. The Morgan fingerprint density at radius 2 is 1.73 bits per heavy atom. The Balaban J connectivity index is 2.95. The lowest BCUT2D eigenvalue weighted by atomic mass is 9.82. The lowest BCUT2D eigenvalue weighted by Crippen LogP contribution is -2.36. The van der Waals surface area contributed by atoms with Crippen molar-refractivity contribution in [3.8, 4) is 5.75 Å². The van der Waals surface area contributed by atoms with Gasteiger partial charge in [-0.1, -0.05) is 39.0 Å². The minimum atomic E-state index is -0.689. The summed E-state index contributed by atoms with van der Waals surface area (Å²) in [5.74, 6) is 0.133. The van der Waals surface area contributed by atoms with Gasteiger partial charge in [-0.25, -0.2) is 0 Å². The van der Waals surface area contributed by atoms with Gasteiger partial charge in [0.25, 0.3) is 0 Å². The van der Waals surface area contributed by atoms with Crippen molar-refractivity contribution in [3.05, 3.63) is 29.8 Å². The number of aliphatic hydroxyl groups is 1. The van der Waals surface area contributed by atoms with Crippen molar-refractivity contribution >= 4 is 0 Å². The molecule has 2 atom stereocenters. The molecule has 0 saturated heterocycles. The zero-order valence-corrected chi connectivity index (χ0v) is 9.44. The van der Waals surface area contributed by atoms with Crippen LogP contribution in [0.4, 0.5) is 0 Å². The number of phenolic OH excluding ortho intramolecular Hbond substituents is 1. The predicted octanol–water partition coefficient (Wildman–Crippen LogP) is 1.80. The SMILES string of the molecule is CC(C)(C)[C@H](O)[C@H](N)c1ccccc1O. The lowest BCUT2D eigenvalue weighted by molar-refractivity contribution is 0.0395. The van der Waals surface area contributed by atoms with E-state index in [1.807, 2.05) is 20.8 Å². The van der Waals surface area contributed by atoms with Crippen LogP contribution in [0.2, 0.25) is 0 Å². The Morgan fingerprint density at radius 1 is 1.20 bits per heavy atom. The highest BCUT2D eigenvalue weighted by atomic mass is 16.3. The largest absolute Gasteiger partial charge is 0.508 e. The number of phenols is 1. The van der Waals surface area contributed by atoms with Gasteiger partial charge in [0, 0.05) is 5.56 Å². The number of hydrogen-bond donors (Lipinski definition) is 3. The molecule has 0 aliphatic heterocycles. The van der Waals surface area contributed by atoms with Crippen molar-refractivity contribution in [3.63, 3.8) is 0 Å². The number of aliphatic hydroxyl groups excluding tert-OH is 1. The summed E-state index contributed by atoms with van der Waals surface area (Å²) in [5.41, 5.74) is 6.19. The molecule has 0 spiro atoms. The number of para-hydroxylation sites is 1. The third kappa shape index (κ3) is 2.70. The van der Waals surface area contributed by atoms with Crippen LogP contribution in [0.3, 0.4) is 0 Å². The van der Waals surface area contributed by atoms with E-state index in [0.717, 1.165) is 0 Å². The van der Waals surface area contributed by atoms with Crippen LogP contribution in [0, 0.1) is 5.41 Å². The number of nitrogens with two attached hydrogens (primary N) is 1. The zero-order chi connectivity index (χ0) is 11.6. The van der Waals surface area contributed by atoms with Crippen molar-refractivity contribution in [1.29, 1.82) is 0 Å². The molecule has 0 amide bonds. The Labute approximate surface area is 90.5 Å². The maximum Gasteiger partial charge on any atom is 0.120 e. The first kappa shape index (κ1) is 12.0. The Morgan fingerprint density at radius 3 is 2.20 bits per heavy atom. The van der Waals surface area contributed by atoms with E-state index in [0.29, 0.717) is 5.56 Å². The normalized spacial score (nSPS) is 16.1. The van der Waals surface area contributed by atoms with Gasteiger partial charge in [-0.3, -0.25) is 0 Å². The monoisotopic (exact) mass is 209 g/mol. The molecule has 0 heterocycles. The summed E-state index contributed by atoms with van der Waals surface area (Å²) in [4.78, 5) is 0. The molecule has 0 aromatic heterocycles. The first-order valence-electron chi connectivity index (χ1n) is 5.05. The molecule has 0 saturated carbocycles. The van der Waals surface area contributed by atoms with Crippen LogP contribution >= 0.6 is 0 Å². The molecule has 0 aliphatic carbocycles. The zero-order valence-electron chi connectivity index (χ0n) is 9.44. The van der Waals surface area contributed by atoms with E-state index in [4.69, 9.17) is 5.73 Å². The smallest absolute Gasteiger partial charge is 0.120 e. The molecule has 1 aromatic carbocycles. The Kier molecular flexibility index (Phi) is 3.37. The minimum Gasteiger partial charge on any atom is -0.508 e. The molecule has 0 aliphatic rings. The highest BCUT2D eigenvalue weighted by molar-refractivity contribution is 5.35. The van der Waals surface area contributed by atoms with Crippen molar-refractivity contribution in [2.45, 2.75) is 32.9 Å². The van der Waals surface area contributed by atoms with E-state index in [1.54, 1.807) is 24.3 Å². The van der Waals surface area contributed by atoms with Gasteiger partial charge in [0.1, 0.15) is 5.75 Å². The Hall–Kier alpha value is -1.06. The van der Waals surface area contributed by atoms with Crippen molar-refractivity contribution in [2.24, 2.45) is 11.1 Å². The maximum absolute atomic E-state index is 10.00. The average Bonchev–Trinajstić information content (AvgIpc) is 2.15. The predicted molar refractivity (Wildman–Crippen MR) is 60.5 cm³/mol. The van der Waals surface area contributed by atoms with Crippen LogP contribution in [0.25, 0.3) is 0 Å². The summed E-state index contributed by atoms with van der Waals surface area (Å²) in [6.07, 6.45) is -0.689. The van der Waals surface area contributed by atoms with Gasteiger partial charge >= 0.3 is 0 Å². The maximum atomic E-state index is 10.00. The fourth-order valence-electron chi connectivity index (χ4n) is 1.48. The summed E-state index contributed by atoms with van der Waals surface area (Å²) in [7, 11) is 0.